The van der Waals surface area contributed by atoms with Gasteiger partial charge in [0.25, 0.3) is 5.91 Å². The Bertz CT molecular complexity index is 623. The van der Waals surface area contributed by atoms with Gasteiger partial charge in [-0.3, -0.25) is 9.69 Å². The summed E-state index contributed by atoms with van der Waals surface area (Å²) in [7, 11) is 0. The highest BCUT2D eigenvalue weighted by Crippen LogP contribution is 2.56. The Labute approximate surface area is 130 Å². The number of nitrogens with two attached hydrogens (primary N) is 1. The van der Waals surface area contributed by atoms with Crippen molar-refractivity contribution in [2.45, 2.75) is 43.3 Å². The molecule has 5 nitrogen and oxygen atoms in total. The second kappa shape index (κ2) is 4.16. The van der Waals surface area contributed by atoms with Crippen molar-refractivity contribution < 1.29 is 4.79 Å². The third-order valence-electron chi connectivity index (χ3n) is 6.28. The van der Waals surface area contributed by atoms with Crippen LogP contribution in [0.25, 0.3) is 0 Å². The Hall–Kier alpha value is -1.75. The first-order chi connectivity index (χ1) is 10.7. The largest absolute Gasteiger partial charge is 0.380 e. The summed E-state index contributed by atoms with van der Waals surface area (Å²) in [4.78, 5) is 17.0. The molecule has 5 heteroatoms. The molecule has 3 saturated heterocycles. The summed E-state index contributed by atoms with van der Waals surface area (Å²) in [5.74, 6) is 0.373. The standard InChI is InChI=1S/C17H22N4O/c18-16(22)14-9-13-12(1-6-19-13)10-21(14)15-11-2-7-20(8-3-11)17(15)4-5-17/h1,6,9-11,13,15,19H,2-5,7-8H2,(H2,18,22). The number of amides is 1. The lowest BCUT2D eigenvalue weighted by Crippen LogP contribution is -2.65. The molecule has 1 amide bonds. The minimum absolute atomic E-state index is 0.106. The average molecular weight is 298 g/mol. The van der Waals surface area contributed by atoms with Gasteiger partial charge in [-0.25, -0.2) is 0 Å². The predicted molar refractivity (Wildman–Crippen MR) is 83.3 cm³/mol. The molecule has 22 heavy (non-hydrogen) atoms. The minimum Gasteiger partial charge on any atom is -0.380 e. The smallest absolute Gasteiger partial charge is 0.265 e. The molecule has 6 rings (SSSR count). The van der Waals surface area contributed by atoms with E-state index in [2.05, 4.69) is 27.4 Å². The van der Waals surface area contributed by atoms with Crippen LogP contribution < -0.4 is 11.1 Å². The number of carbonyl (C=O) groups excluding carboxylic acids is 1. The van der Waals surface area contributed by atoms with E-state index in [0.29, 0.717) is 23.2 Å². The Morgan fingerprint density at radius 3 is 2.77 bits per heavy atom. The van der Waals surface area contributed by atoms with Crippen LogP contribution in [0.3, 0.4) is 0 Å². The van der Waals surface area contributed by atoms with Gasteiger partial charge in [0.15, 0.2) is 0 Å². The molecule has 2 atom stereocenters. The number of hydrogen-bond acceptors (Lipinski definition) is 4. The molecule has 1 spiro atoms. The van der Waals surface area contributed by atoms with Crippen LogP contribution in [-0.4, -0.2) is 46.4 Å². The van der Waals surface area contributed by atoms with Crippen LogP contribution in [0.15, 0.2) is 35.8 Å². The highest BCUT2D eigenvalue weighted by Gasteiger charge is 2.62. The molecular formula is C17H22N4O. The maximum atomic E-state index is 12.1. The van der Waals surface area contributed by atoms with Crippen molar-refractivity contribution in [3.05, 3.63) is 35.8 Å². The Kier molecular flexibility index (Phi) is 2.41. The second-order valence-electron chi connectivity index (χ2n) is 7.30. The van der Waals surface area contributed by atoms with E-state index in [1.165, 1.54) is 44.3 Å². The van der Waals surface area contributed by atoms with Gasteiger partial charge in [0, 0.05) is 11.7 Å². The lowest BCUT2D eigenvalue weighted by molar-refractivity contribution is -0.117. The fraction of sp³-hybridized carbons (Fsp3) is 0.588. The maximum Gasteiger partial charge on any atom is 0.265 e. The zero-order valence-corrected chi connectivity index (χ0v) is 12.7. The van der Waals surface area contributed by atoms with Crippen LogP contribution >= 0.6 is 0 Å². The fourth-order valence-electron chi connectivity index (χ4n) is 5.14. The number of hydrogen-bond donors (Lipinski definition) is 2. The molecule has 0 aromatic carbocycles. The van der Waals surface area contributed by atoms with Gasteiger partial charge in [0.2, 0.25) is 0 Å². The molecule has 1 saturated carbocycles. The molecule has 4 fully saturated rings. The Morgan fingerprint density at radius 1 is 1.32 bits per heavy atom. The molecule has 5 heterocycles. The van der Waals surface area contributed by atoms with E-state index < -0.39 is 0 Å². The molecule has 3 N–H and O–H groups in total. The molecule has 116 valence electrons. The van der Waals surface area contributed by atoms with Crippen molar-refractivity contribution >= 4 is 5.91 Å². The van der Waals surface area contributed by atoms with Crippen molar-refractivity contribution in [2.24, 2.45) is 11.7 Å². The zero-order valence-electron chi connectivity index (χ0n) is 12.7. The van der Waals surface area contributed by atoms with Gasteiger partial charge in [0.05, 0.1) is 12.1 Å². The van der Waals surface area contributed by atoms with Crippen LogP contribution in [0.4, 0.5) is 0 Å². The number of fused-ring (bicyclic) bond motifs is 3. The molecule has 6 aliphatic rings. The second-order valence-corrected chi connectivity index (χ2v) is 7.30. The first-order valence-electron chi connectivity index (χ1n) is 8.38. The summed E-state index contributed by atoms with van der Waals surface area (Å²) in [5, 5.41) is 3.27. The van der Waals surface area contributed by atoms with Gasteiger partial charge in [-0.15, -0.1) is 0 Å². The molecule has 0 aromatic heterocycles. The van der Waals surface area contributed by atoms with Gasteiger partial charge < -0.3 is 16.0 Å². The SMILES string of the molecule is NC(=O)C1=CC2NC=CC2=CN1C1C2CCN(CC2)C12CC2. The van der Waals surface area contributed by atoms with Crippen LogP contribution in [0.5, 0.6) is 0 Å². The molecule has 0 radical (unpaired) electrons. The van der Waals surface area contributed by atoms with E-state index >= 15 is 0 Å². The van der Waals surface area contributed by atoms with E-state index in [1.807, 2.05) is 12.3 Å². The average Bonchev–Trinajstić information content (AvgIpc) is 3.15. The van der Waals surface area contributed by atoms with Gasteiger partial charge in [-0.1, -0.05) is 0 Å². The van der Waals surface area contributed by atoms with Crippen molar-refractivity contribution in [3.63, 3.8) is 0 Å². The lowest BCUT2D eigenvalue weighted by atomic mass is 9.75. The first kappa shape index (κ1) is 12.8. The van der Waals surface area contributed by atoms with E-state index in [-0.39, 0.29) is 11.9 Å². The monoisotopic (exact) mass is 298 g/mol. The van der Waals surface area contributed by atoms with Gasteiger partial charge in [-0.2, -0.15) is 0 Å². The maximum absolute atomic E-state index is 12.1. The number of carbonyl (C=O) groups is 1. The summed E-state index contributed by atoms with van der Waals surface area (Å²) in [5.41, 5.74) is 7.92. The van der Waals surface area contributed by atoms with Gasteiger partial charge in [0.1, 0.15) is 5.70 Å². The third-order valence-corrected chi connectivity index (χ3v) is 6.28. The van der Waals surface area contributed by atoms with E-state index in [1.54, 1.807) is 0 Å². The quantitative estimate of drug-likeness (QED) is 0.786. The Morgan fingerprint density at radius 2 is 2.09 bits per heavy atom. The topological polar surface area (TPSA) is 61.6 Å². The lowest BCUT2D eigenvalue weighted by Gasteiger charge is -2.56. The summed E-state index contributed by atoms with van der Waals surface area (Å²) in [6.45, 7) is 2.45. The van der Waals surface area contributed by atoms with Crippen molar-refractivity contribution in [2.75, 3.05) is 13.1 Å². The highest BCUT2D eigenvalue weighted by molar-refractivity contribution is 5.92. The molecule has 0 aromatic rings. The third kappa shape index (κ3) is 1.55. The summed E-state index contributed by atoms with van der Waals surface area (Å²) >= 11 is 0. The molecule has 1 aliphatic carbocycles. The zero-order chi connectivity index (χ0) is 14.9. The number of rotatable bonds is 2. The van der Waals surface area contributed by atoms with Crippen LogP contribution in [0.1, 0.15) is 25.7 Å². The van der Waals surface area contributed by atoms with Crippen molar-refractivity contribution in [1.29, 1.82) is 0 Å². The highest BCUT2D eigenvalue weighted by atomic mass is 16.1. The van der Waals surface area contributed by atoms with Crippen LogP contribution in [-0.2, 0) is 4.79 Å². The van der Waals surface area contributed by atoms with Gasteiger partial charge >= 0.3 is 0 Å². The minimum atomic E-state index is -0.309. The number of piperidine rings is 3. The first-order valence-corrected chi connectivity index (χ1v) is 8.38. The number of nitrogens with zero attached hydrogens (tertiary/aromatic N) is 2. The van der Waals surface area contributed by atoms with Crippen molar-refractivity contribution in [3.8, 4) is 0 Å². The molecular weight excluding hydrogens is 276 g/mol. The van der Waals surface area contributed by atoms with Crippen molar-refractivity contribution in [1.82, 2.24) is 15.1 Å². The van der Waals surface area contributed by atoms with Crippen LogP contribution in [0.2, 0.25) is 0 Å². The van der Waals surface area contributed by atoms with Gasteiger partial charge in [-0.05, 0) is 68.6 Å². The number of primary amides is 1. The van der Waals surface area contributed by atoms with E-state index in [9.17, 15) is 4.79 Å². The Balaban J connectivity index is 1.58. The molecule has 5 aliphatic heterocycles. The summed E-state index contributed by atoms with van der Waals surface area (Å²) in [6, 6.07) is 0.520. The molecule has 2 unspecified atom stereocenters. The number of nitrogens with one attached hydrogen (secondary N) is 1. The fourth-order valence-corrected chi connectivity index (χ4v) is 5.14. The predicted octanol–water partition coefficient (Wildman–Crippen LogP) is 0.667. The van der Waals surface area contributed by atoms with Crippen LogP contribution in [0, 0.1) is 5.92 Å². The summed E-state index contributed by atoms with van der Waals surface area (Å²) in [6.07, 6.45) is 13.3. The summed E-state index contributed by atoms with van der Waals surface area (Å²) < 4.78 is 0. The van der Waals surface area contributed by atoms with E-state index in [4.69, 9.17) is 5.73 Å². The molecule has 2 bridgehead atoms. The normalized spacial score (nSPS) is 40.1. The van der Waals surface area contributed by atoms with E-state index in [0.717, 1.165) is 0 Å².